The molecular formula is C17H30IN5O. The molecule has 7 heteroatoms. The minimum atomic E-state index is 0. The van der Waals surface area contributed by atoms with E-state index in [1.54, 1.807) is 6.26 Å². The molecule has 0 atom stereocenters. The molecule has 2 N–H and O–H groups in total. The molecule has 0 radical (unpaired) electrons. The van der Waals surface area contributed by atoms with E-state index in [-0.39, 0.29) is 24.0 Å². The molecule has 1 saturated heterocycles. The van der Waals surface area contributed by atoms with Gasteiger partial charge < -0.3 is 20.1 Å². The zero-order chi connectivity index (χ0) is 15.9. The highest BCUT2D eigenvalue weighted by Crippen LogP contribution is 2.25. The maximum absolute atomic E-state index is 4.84. The molecule has 1 aliphatic heterocycles. The summed E-state index contributed by atoms with van der Waals surface area (Å²) in [6.07, 6.45) is 11.1. The third-order valence-corrected chi connectivity index (χ3v) is 5.11. The van der Waals surface area contributed by atoms with Gasteiger partial charge in [-0.2, -0.15) is 0 Å². The van der Waals surface area contributed by atoms with E-state index in [4.69, 9.17) is 4.52 Å². The molecule has 2 aliphatic rings. The zero-order valence-corrected chi connectivity index (χ0v) is 16.9. The summed E-state index contributed by atoms with van der Waals surface area (Å²) in [4.78, 5) is 7.02. The number of aromatic nitrogens is 1. The molecule has 1 aromatic rings. The lowest BCUT2D eigenvalue weighted by molar-refractivity contribution is 0.119. The van der Waals surface area contributed by atoms with Crippen LogP contribution >= 0.6 is 24.0 Å². The van der Waals surface area contributed by atoms with Crippen LogP contribution in [0.25, 0.3) is 0 Å². The maximum Gasteiger partial charge on any atom is 0.191 e. The number of hydrogen-bond acceptors (Lipinski definition) is 4. The number of halogens is 1. The monoisotopic (exact) mass is 447 g/mol. The van der Waals surface area contributed by atoms with Crippen molar-refractivity contribution in [1.82, 2.24) is 20.7 Å². The molecule has 0 aromatic carbocycles. The molecule has 2 fully saturated rings. The molecule has 0 bridgehead atoms. The lowest BCUT2D eigenvalue weighted by Crippen LogP contribution is -2.50. The lowest BCUT2D eigenvalue weighted by Gasteiger charge is -2.39. The molecule has 136 valence electrons. The first-order chi connectivity index (χ1) is 11.3. The summed E-state index contributed by atoms with van der Waals surface area (Å²) in [6, 6.07) is 3.22. The van der Waals surface area contributed by atoms with Crippen molar-refractivity contribution in [2.45, 2.75) is 63.6 Å². The Hall–Kier alpha value is -0.830. The largest absolute Gasteiger partial charge is 0.364 e. The molecule has 1 saturated carbocycles. The minimum Gasteiger partial charge on any atom is -0.364 e. The zero-order valence-electron chi connectivity index (χ0n) is 14.5. The molecule has 2 heterocycles. The van der Waals surface area contributed by atoms with Crippen molar-refractivity contribution in [3.63, 3.8) is 0 Å². The standard InChI is InChI=1S/C17H29N5O.HI/c1-18-17(19-13-15-9-12-23-21-15)20-14-7-10-22(11-8-14)16-5-3-2-4-6-16;/h9,12,14,16H,2-8,10-11,13H2,1H3,(H2,18,19,20);1H. The van der Waals surface area contributed by atoms with E-state index in [9.17, 15) is 0 Å². The lowest BCUT2D eigenvalue weighted by atomic mass is 9.92. The Kier molecular flexibility index (Phi) is 8.31. The number of rotatable bonds is 4. The Bertz CT molecular complexity index is 479. The van der Waals surface area contributed by atoms with Gasteiger partial charge >= 0.3 is 0 Å². The number of likely N-dealkylation sites (tertiary alicyclic amines) is 1. The van der Waals surface area contributed by atoms with Gasteiger partial charge in [0.1, 0.15) is 12.0 Å². The molecule has 0 unspecified atom stereocenters. The summed E-state index contributed by atoms with van der Waals surface area (Å²) in [6.45, 7) is 3.06. The van der Waals surface area contributed by atoms with Crippen LogP contribution < -0.4 is 10.6 Å². The highest BCUT2D eigenvalue weighted by atomic mass is 127. The van der Waals surface area contributed by atoms with Gasteiger partial charge in [0, 0.05) is 38.3 Å². The fourth-order valence-corrected chi connectivity index (χ4v) is 3.75. The summed E-state index contributed by atoms with van der Waals surface area (Å²) >= 11 is 0. The van der Waals surface area contributed by atoms with Crippen LogP contribution in [-0.4, -0.2) is 48.2 Å². The van der Waals surface area contributed by atoms with Crippen LogP contribution in [0.3, 0.4) is 0 Å². The van der Waals surface area contributed by atoms with E-state index in [2.05, 4.69) is 25.7 Å². The van der Waals surface area contributed by atoms with Crippen molar-refractivity contribution >= 4 is 29.9 Å². The molecule has 24 heavy (non-hydrogen) atoms. The van der Waals surface area contributed by atoms with Crippen LogP contribution in [0.15, 0.2) is 21.8 Å². The van der Waals surface area contributed by atoms with Crippen molar-refractivity contribution in [1.29, 1.82) is 0 Å². The van der Waals surface area contributed by atoms with Crippen LogP contribution in [-0.2, 0) is 6.54 Å². The average Bonchev–Trinajstić information content (AvgIpc) is 3.13. The Morgan fingerprint density at radius 3 is 2.62 bits per heavy atom. The van der Waals surface area contributed by atoms with Crippen molar-refractivity contribution < 1.29 is 4.52 Å². The summed E-state index contributed by atoms with van der Waals surface area (Å²) in [5.74, 6) is 0.851. The van der Waals surface area contributed by atoms with Gasteiger partial charge in [0.05, 0.1) is 6.54 Å². The van der Waals surface area contributed by atoms with Crippen LogP contribution in [0.5, 0.6) is 0 Å². The van der Waals surface area contributed by atoms with E-state index in [0.717, 1.165) is 17.7 Å². The van der Waals surface area contributed by atoms with Gasteiger partial charge in [-0.3, -0.25) is 4.99 Å². The summed E-state index contributed by atoms with van der Waals surface area (Å²) in [7, 11) is 1.81. The van der Waals surface area contributed by atoms with Crippen molar-refractivity contribution in [2.24, 2.45) is 4.99 Å². The van der Waals surface area contributed by atoms with Gasteiger partial charge in [0.25, 0.3) is 0 Å². The molecule has 0 amide bonds. The first-order valence-corrected chi connectivity index (χ1v) is 8.95. The van der Waals surface area contributed by atoms with E-state index < -0.39 is 0 Å². The van der Waals surface area contributed by atoms with E-state index in [1.165, 1.54) is 58.0 Å². The molecule has 0 spiro atoms. The van der Waals surface area contributed by atoms with Crippen LogP contribution in [0.4, 0.5) is 0 Å². The molecule has 6 nitrogen and oxygen atoms in total. The number of piperidine rings is 1. The number of nitrogens with one attached hydrogen (secondary N) is 2. The molecule has 1 aliphatic carbocycles. The Morgan fingerprint density at radius 1 is 1.25 bits per heavy atom. The Labute approximate surface area is 161 Å². The number of hydrogen-bond donors (Lipinski definition) is 2. The second kappa shape index (κ2) is 10.2. The fraction of sp³-hybridized carbons (Fsp3) is 0.765. The van der Waals surface area contributed by atoms with Crippen LogP contribution in [0.1, 0.15) is 50.6 Å². The summed E-state index contributed by atoms with van der Waals surface area (Å²) < 4.78 is 4.84. The van der Waals surface area contributed by atoms with Crippen LogP contribution in [0.2, 0.25) is 0 Å². The Balaban J connectivity index is 0.00000208. The summed E-state index contributed by atoms with van der Waals surface area (Å²) in [5, 5.41) is 10.7. The topological polar surface area (TPSA) is 65.7 Å². The van der Waals surface area contributed by atoms with E-state index in [1.807, 2.05) is 13.1 Å². The second-order valence-electron chi connectivity index (χ2n) is 6.66. The molecule has 1 aromatic heterocycles. The predicted molar refractivity (Wildman–Crippen MR) is 107 cm³/mol. The van der Waals surface area contributed by atoms with Crippen LogP contribution in [0, 0.1) is 0 Å². The minimum absolute atomic E-state index is 0. The first kappa shape index (κ1) is 19.5. The van der Waals surface area contributed by atoms with E-state index >= 15 is 0 Å². The molecular weight excluding hydrogens is 417 g/mol. The van der Waals surface area contributed by atoms with Crippen molar-refractivity contribution in [2.75, 3.05) is 20.1 Å². The third kappa shape index (κ3) is 5.61. The quantitative estimate of drug-likeness (QED) is 0.422. The van der Waals surface area contributed by atoms with Crippen molar-refractivity contribution in [3.8, 4) is 0 Å². The summed E-state index contributed by atoms with van der Waals surface area (Å²) in [5.41, 5.74) is 0.889. The first-order valence-electron chi connectivity index (χ1n) is 8.95. The third-order valence-electron chi connectivity index (χ3n) is 5.11. The average molecular weight is 447 g/mol. The number of nitrogens with zero attached hydrogens (tertiary/aromatic N) is 3. The van der Waals surface area contributed by atoms with Gasteiger partial charge in [0.2, 0.25) is 0 Å². The van der Waals surface area contributed by atoms with Gasteiger partial charge in [0.15, 0.2) is 5.96 Å². The SMILES string of the molecule is CN=C(NCc1ccon1)NC1CCN(C2CCCCC2)CC1.I. The molecule has 3 rings (SSSR count). The smallest absolute Gasteiger partial charge is 0.191 e. The highest BCUT2D eigenvalue weighted by molar-refractivity contribution is 14.0. The van der Waals surface area contributed by atoms with Crippen molar-refractivity contribution in [3.05, 3.63) is 18.0 Å². The fourth-order valence-electron chi connectivity index (χ4n) is 3.75. The highest BCUT2D eigenvalue weighted by Gasteiger charge is 2.26. The van der Waals surface area contributed by atoms with E-state index in [0.29, 0.717) is 12.6 Å². The van der Waals surface area contributed by atoms with Gasteiger partial charge in [-0.1, -0.05) is 24.4 Å². The predicted octanol–water partition coefficient (Wildman–Crippen LogP) is 2.75. The van der Waals surface area contributed by atoms with Gasteiger partial charge in [-0.15, -0.1) is 24.0 Å². The normalized spacial score (nSPS) is 21.3. The number of guanidine groups is 1. The van der Waals surface area contributed by atoms with Gasteiger partial charge in [-0.25, -0.2) is 0 Å². The number of aliphatic imine (C=N–C) groups is 1. The van der Waals surface area contributed by atoms with Gasteiger partial charge in [-0.05, 0) is 25.7 Å². The second-order valence-corrected chi connectivity index (χ2v) is 6.66. The Morgan fingerprint density at radius 2 is 2.00 bits per heavy atom. The maximum atomic E-state index is 4.84.